The second-order valence-corrected chi connectivity index (χ2v) is 4.19. The predicted octanol–water partition coefficient (Wildman–Crippen LogP) is 4.33. The van der Waals surface area contributed by atoms with Gasteiger partial charge in [0.15, 0.2) is 0 Å². The number of para-hydroxylation sites is 1. The lowest BCUT2D eigenvalue weighted by Gasteiger charge is -2.07. The van der Waals surface area contributed by atoms with E-state index in [9.17, 15) is 4.79 Å². The van der Waals surface area contributed by atoms with Crippen molar-refractivity contribution >= 4 is 17.4 Å². The Hall–Kier alpha value is -2.55. The third-order valence-corrected chi connectivity index (χ3v) is 2.58. The Morgan fingerprint density at radius 3 is 2.26 bits per heavy atom. The van der Waals surface area contributed by atoms with E-state index in [-0.39, 0.29) is 0 Å². The average molecular weight is 253 g/mol. The maximum Gasteiger partial charge on any atom is 0.417 e. The molecular formula is C16H15NO2. The lowest BCUT2D eigenvalue weighted by molar-refractivity contribution is 0.215. The van der Waals surface area contributed by atoms with Gasteiger partial charge in [-0.3, -0.25) is 5.32 Å². The van der Waals surface area contributed by atoms with Crippen molar-refractivity contribution in [3.63, 3.8) is 0 Å². The van der Waals surface area contributed by atoms with E-state index in [1.807, 2.05) is 37.3 Å². The molecule has 0 spiro atoms. The van der Waals surface area contributed by atoms with Crippen LogP contribution in [0.5, 0.6) is 5.75 Å². The van der Waals surface area contributed by atoms with Crippen LogP contribution in [-0.4, -0.2) is 6.09 Å². The average Bonchev–Trinajstić information content (AvgIpc) is 2.40. The smallest absolute Gasteiger partial charge is 0.410 e. The van der Waals surface area contributed by atoms with Crippen LogP contribution in [0, 0.1) is 0 Å². The minimum Gasteiger partial charge on any atom is -0.410 e. The van der Waals surface area contributed by atoms with Gasteiger partial charge in [0.1, 0.15) is 5.75 Å². The molecule has 3 nitrogen and oxygen atoms in total. The summed E-state index contributed by atoms with van der Waals surface area (Å²) in [7, 11) is 0. The second kappa shape index (κ2) is 5.87. The maximum absolute atomic E-state index is 11.6. The Bertz CT molecular complexity index is 573. The molecule has 0 aliphatic heterocycles. The Balaban J connectivity index is 1.97. The minimum absolute atomic E-state index is 0.499. The van der Waals surface area contributed by atoms with Crippen molar-refractivity contribution in [2.75, 3.05) is 5.32 Å². The van der Waals surface area contributed by atoms with Gasteiger partial charge in [0, 0.05) is 5.69 Å². The number of carbonyl (C=O) groups excluding carboxylic acids is 1. The monoisotopic (exact) mass is 253 g/mol. The molecule has 1 N–H and O–H groups in total. The molecule has 2 rings (SSSR count). The van der Waals surface area contributed by atoms with Crippen LogP contribution in [0.3, 0.4) is 0 Å². The van der Waals surface area contributed by atoms with Crippen molar-refractivity contribution in [3.05, 3.63) is 66.7 Å². The van der Waals surface area contributed by atoms with Gasteiger partial charge < -0.3 is 4.74 Å². The molecule has 0 aromatic heterocycles. The fraction of sp³-hybridized carbons (Fsp3) is 0.0625. The Kier molecular flexibility index (Phi) is 3.98. The third-order valence-electron chi connectivity index (χ3n) is 2.58. The number of anilines is 1. The standard InChI is InChI=1S/C16H15NO2/c1-12(2)13-8-10-15(11-9-13)19-16(18)17-14-6-4-3-5-7-14/h3-11H,1H2,2H3,(H,17,18). The lowest BCUT2D eigenvalue weighted by atomic mass is 10.1. The van der Waals surface area contributed by atoms with Crippen LogP contribution in [0.25, 0.3) is 5.57 Å². The van der Waals surface area contributed by atoms with E-state index in [1.54, 1.807) is 24.3 Å². The summed E-state index contributed by atoms with van der Waals surface area (Å²) in [5.41, 5.74) is 2.70. The third kappa shape index (κ3) is 3.71. The van der Waals surface area contributed by atoms with Crippen molar-refractivity contribution < 1.29 is 9.53 Å². The molecule has 2 aromatic carbocycles. The summed E-state index contributed by atoms with van der Waals surface area (Å²) >= 11 is 0. The first-order valence-corrected chi connectivity index (χ1v) is 5.95. The molecule has 0 bridgehead atoms. The number of amides is 1. The molecule has 0 aliphatic rings. The molecule has 0 saturated carbocycles. The van der Waals surface area contributed by atoms with E-state index in [2.05, 4.69) is 11.9 Å². The molecule has 0 radical (unpaired) electrons. The fourth-order valence-electron chi connectivity index (χ4n) is 1.58. The van der Waals surface area contributed by atoms with Gasteiger partial charge in [-0.05, 0) is 36.8 Å². The van der Waals surface area contributed by atoms with Gasteiger partial charge in [-0.1, -0.05) is 42.5 Å². The van der Waals surface area contributed by atoms with Crippen LogP contribution >= 0.6 is 0 Å². The van der Waals surface area contributed by atoms with E-state index in [1.165, 1.54) is 0 Å². The Labute approximate surface area is 112 Å². The number of allylic oxidation sites excluding steroid dienone is 1. The van der Waals surface area contributed by atoms with Gasteiger partial charge in [0.25, 0.3) is 0 Å². The lowest BCUT2D eigenvalue weighted by Crippen LogP contribution is -2.16. The predicted molar refractivity (Wildman–Crippen MR) is 77.2 cm³/mol. The SMILES string of the molecule is C=C(C)c1ccc(OC(=O)Nc2ccccc2)cc1. The van der Waals surface area contributed by atoms with Crippen LogP contribution in [0.15, 0.2) is 61.2 Å². The van der Waals surface area contributed by atoms with Crippen molar-refractivity contribution in [2.45, 2.75) is 6.92 Å². The van der Waals surface area contributed by atoms with E-state index in [0.29, 0.717) is 11.4 Å². The van der Waals surface area contributed by atoms with Crippen molar-refractivity contribution in [1.82, 2.24) is 0 Å². The molecule has 0 unspecified atom stereocenters. The molecule has 96 valence electrons. The highest BCUT2D eigenvalue weighted by molar-refractivity contribution is 5.86. The van der Waals surface area contributed by atoms with Crippen LogP contribution in [-0.2, 0) is 0 Å². The van der Waals surface area contributed by atoms with Crippen LogP contribution in [0.2, 0.25) is 0 Å². The largest absolute Gasteiger partial charge is 0.417 e. The quantitative estimate of drug-likeness (QED) is 0.884. The highest BCUT2D eigenvalue weighted by Gasteiger charge is 2.04. The van der Waals surface area contributed by atoms with Gasteiger partial charge in [0.2, 0.25) is 0 Å². The number of hydrogen-bond donors (Lipinski definition) is 1. The number of ether oxygens (including phenoxy) is 1. The zero-order valence-corrected chi connectivity index (χ0v) is 10.7. The van der Waals surface area contributed by atoms with Gasteiger partial charge >= 0.3 is 6.09 Å². The zero-order chi connectivity index (χ0) is 13.7. The maximum atomic E-state index is 11.6. The number of rotatable bonds is 3. The molecular weight excluding hydrogens is 238 g/mol. The van der Waals surface area contributed by atoms with E-state index < -0.39 is 6.09 Å². The topological polar surface area (TPSA) is 38.3 Å². The minimum atomic E-state index is -0.505. The van der Waals surface area contributed by atoms with Crippen LogP contribution in [0.4, 0.5) is 10.5 Å². The van der Waals surface area contributed by atoms with E-state index >= 15 is 0 Å². The molecule has 0 heterocycles. The Morgan fingerprint density at radius 2 is 1.68 bits per heavy atom. The van der Waals surface area contributed by atoms with Gasteiger partial charge in [0.05, 0.1) is 0 Å². The van der Waals surface area contributed by atoms with Crippen molar-refractivity contribution in [2.24, 2.45) is 0 Å². The molecule has 0 fully saturated rings. The van der Waals surface area contributed by atoms with E-state index in [4.69, 9.17) is 4.74 Å². The summed E-state index contributed by atoms with van der Waals surface area (Å²) in [5.74, 6) is 0.499. The summed E-state index contributed by atoms with van der Waals surface area (Å²) in [6.45, 7) is 5.78. The molecule has 0 saturated heterocycles. The first-order valence-electron chi connectivity index (χ1n) is 5.95. The van der Waals surface area contributed by atoms with Crippen molar-refractivity contribution in [3.8, 4) is 5.75 Å². The van der Waals surface area contributed by atoms with Gasteiger partial charge in [-0.2, -0.15) is 0 Å². The second-order valence-electron chi connectivity index (χ2n) is 4.19. The molecule has 3 heteroatoms. The summed E-state index contributed by atoms with van der Waals surface area (Å²) in [5, 5.41) is 2.65. The first-order chi connectivity index (χ1) is 9.15. The van der Waals surface area contributed by atoms with Gasteiger partial charge in [-0.25, -0.2) is 4.79 Å². The summed E-state index contributed by atoms with van der Waals surface area (Å²) in [6.07, 6.45) is -0.505. The van der Waals surface area contributed by atoms with Crippen LogP contribution < -0.4 is 10.1 Å². The van der Waals surface area contributed by atoms with E-state index in [0.717, 1.165) is 11.1 Å². The molecule has 1 amide bonds. The number of hydrogen-bond acceptors (Lipinski definition) is 2. The van der Waals surface area contributed by atoms with Gasteiger partial charge in [-0.15, -0.1) is 0 Å². The highest BCUT2D eigenvalue weighted by atomic mass is 16.6. The van der Waals surface area contributed by atoms with Crippen molar-refractivity contribution in [1.29, 1.82) is 0 Å². The summed E-state index contributed by atoms with van der Waals surface area (Å²) < 4.78 is 5.17. The molecule has 2 aromatic rings. The highest BCUT2D eigenvalue weighted by Crippen LogP contribution is 2.17. The molecule has 0 atom stereocenters. The first kappa shape index (κ1) is 12.9. The Morgan fingerprint density at radius 1 is 1.05 bits per heavy atom. The van der Waals surface area contributed by atoms with Crippen LogP contribution in [0.1, 0.15) is 12.5 Å². The normalized spacial score (nSPS) is 9.74. The number of benzene rings is 2. The fourth-order valence-corrected chi connectivity index (χ4v) is 1.58. The molecule has 19 heavy (non-hydrogen) atoms. The number of nitrogens with one attached hydrogen (secondary N) is 1. The zero-order valence-electron chi connectivity index (χ0n) is 10.7. The summed E-state index contributed by atoms with van der Waals surface area (Å²) in [4.78, 5) is 11.6. The summed E-state index contributed by atoms with van der Waals surface area (Å²) in [6, 6.07) is 16.4. The number of carbonyl (C=O) groups is 1. The molecule has 0 aliphatic carbocycles.